The average molecular weight is 396 g/mol. The van der Waals surface area contributed by atoms with Crippen molar-refractivity contribution < 1.29 is 4.74 Å². The zero-order chi connectivity index (χ0) is 14.8. The summed E-state index contributed by atoms with van der Waals surface area (Å²) in [7, 11) is 0. The van der Waals surface area contributed by atoms with Gasteiger partial charge in [-0.1, -0.05) is 19.1 Å². The lowest BCUT2D eigenvalue weighted by Gasteiger charge is -2.08. The summed E-state index contributed by atoms with van der Waals surface area (Å²) in [4.78, 5) is 19.6. The lowest BCUT2D eigenvalue weighted by Crippen LogP contribution is -2.16. The molecule has 2 aromatic rings. The van der Waals surface area contributed by atoms with E-state index in [-0.39, 0.29) is 5.56 Å². The molecule has 1 saturated carbocycles. The van der Waals surface area contributed by atoms with Gasteiger partial charge in [-0.3, -0.25) is 4.79 Å². The molecule has 0 atom stereocenters. The lowest BCUT2D eigenvalue weighted by molar-refractivity contribution is 0.317. The number of benzene rings is 1. The monoisotopic (exact) mass is 396 g/mol. The fourth-order valence-corrected chi connectivity index (χ4v) is 2.89. The van der Waals surface area contributed by atoms with Crippen molar-refractivity contribution in [2.75, 3.05) is 6.61 Å². The highest BCUT2D eigenvalue weighted by Gasteiger charge is 2.29. The molecule has 110 valence electrons. The molecule has 21 heavy (non-hydrogen) atoms. The van der Waals surface area contributed by atoms with Crippen molar-refractivity contribution in [1.82, 2.24) is 9.97 Å². The van der Waals surface area contributed by atoms with Gasteiger partial charge in [0.05, 0.1) is 15.9 Å². The molecule has 1 N–H and O–H groups in total. The van der Waals surface area contributed by atoms with Gasteiger partial charge in [-0.2, -0.15) is 0 Å². The summed E-state index contributed by atoms with van der Waals surface area (Å²) in [6, 6.07) is 7.72. The Hall–Kier alpha value is -1.37. The zero-order valence-corrected chi connectivity index (χ0v) is 14.0. The van der Waals surface area contributed by atoms with Gasteiger partial charge in [0.15, 0.2) is 0 Å². The third-order valence-corrected chi connectivity index (χ3v) is 4.48. The molecule has 5 heteroatoms. The minimum atomic E-state index is -0.0534. The third kappa shape index (κ3) is 3.28. The summed E-state index contributed by atoms with van der Waals surface area (Å²) < 4.78 is 6.36. The number of nitrogens with zero attached hydrogens (tertiary/aromatic N) is 1. The van der Waals surface area contributed by atoms with Crippen LogP contribution in [0.15, 0.2) is 29.1 Å². The Morgan fingerprint density at radius 2 is 2.24 bits per heavy atom. The summed E-state index contributed by atoms with van der Waals surface area (Å²) in [5.41, 5.74) is 1.77. The first-order valence-electron chi connectivity index (χ1n) is 7.22. The number of halogens is 1. The molecule has 0 radical (unpaired) electrons. The number of nitrogens with one attached hydrogen (secondary N) is 1. The Bertz CT molecular complexity index is 708. The van der Waals surface area contributed by atoms with Crippen LogP contribution in [0.5, 0.6) is 5.75 Å². The molecule has 0 amide bonds. The number of ether oxygens (including phenoxy) is 1. The maximum atomic E-state index is 12.1. The van der Waals surface area contributed by atoms with Crippen molar-refractivity contribution in [1.29, 1.82) is 0 Å². The summed E-state index contributed by atoms with van der Waals surface area (Å²) >= 11 is 2.09. The minimum Gasteiger partial charge on any atom is -0.494 e. The first-order chi connectivity index (χ1) is 10.2. The molecule has 0 aliphatic heterocycles. The molecule has 1 aliphatic rings. The second-order valence-electron chi connectivity index (χ2n) is 5.26. The van der Waals surface area contributed by atoms with Crippen molar-refractivity contribution in [3.05, 3.63) is 43.9 Å². The molecular weight excluding hydrogens is 379 g/mol. The first kappa shape index (κ1) is 14.6. The number of aromatic nitrogens is 2. The summed E-state index contributed by atoms with van der Waals surface area (Å²) in [5, 5.41) is 0. The molecule has 1 aromatic carbocycles. The highest BCUT2D eigenvalue weighted by atomic mass is 127. The largest absolute Gasteiger partial charge is 0.494 e. The topological polar surface area (TPSA) is 55.0 Å². The maximum absolute atomic E-state index is 12.1. The Morgan fingerprint density at radius 1 is 1.43 bits per heavy atom. The Kier molecular flexibility index (Phi) is 4.28. The quantitative estimate of drug-likeness (QED) is 0.785. The summed E-state index contributed by atoms with van der Waals surface area (Å²) in [5.74, 6) is 1.89. The fraction of sp³-hybridized carbons (Fsp3) is 0.375. The van der Waals surface area contributed by atoms with Crippen molar-refractivity contribution in [3.8, 4) is 17.1 Å². The Morgan fingerprint density at radius 3 is 2.95 bits per heavy atom. The van der Waals surface area contributed by atoms with E-state index in [2.05, 4.69) is 39.5 Å². The smallest absolute Gasteiger partial charge is 0.264 e. The van der Waals surface area contributed by atoms with E-state index in [1.54, 1.807) is 0 Å². The van der Waals surface area contributed by atoms with Gasteiger partial charge >= 0.3 is 0 Å². The van der Waals surface area contributed by atoms with E-state index in [4.69, 9.17) is 4.74 Å². The normalized spacial score (nSPS) is 14.2. The summed E-state index contributed by atoms with van der Waals surface area (Å²) in [6.07, 6.45) is 3.23. The van der Waals surface area contributed by atoms with E-state index in [0.717, 1.165) is 39.8 Å². The lowest BCUT2D eigenvalue weighted by atomic mass is 10.2. The molecule has 1 aromatic heterocycles. The molecule has 0 spiro atoms. The Balaban J connectivity index is 1.98. The minimum absolute atomic E-state index is 0.0534. The second-order valence-corrected chi connectivity index (χ2v) is 6.34. The standard InChI is InChI=1S/C16H17IN2O2/c1-2-8-21-12-5-3-4-11(9-12)15-18-14(10-6-7-10)13(17)16(20)19-15/h3-5,9-10H,2,6-8H2,1H3,(H,18,19,20). The predicted molar refractivity (Wildman–Crippen MR) is 90.8 cm³/mol. The highest BCUT2D eigenvalue weighted by Crippen LogP contribution is 2.40. The van der Waals surface area contributed by atoms with Gasteiger partial charge in [-0.25, -0.2) is 4.98 Å². The molecule has 4 nitrogen and oxygen atoms in total. The van der Waals surface area contributed by atoms with Gasteiger partial charge in [0, 0.05) is 11.5 Å². The zero-order valence-electron chi connectivity index (χ0n) is 11.9. The van der Waals surface area contributed by atoms with Crippen LogP contribution >= 0.6 is 22.6 Å². The van der Waals surface area contributed by atoms with Gasteiger partial charge in [0.1, 0.15) is 11.6 Å². The van der Waals surface area contributed by atoms with E-state index in [1.165, 1.54) is 0 Å². The number of hydrogen-bond acceptors (Lipinski definition) is 3. The van der Waals surface area contributed by atoms with Gasteiger partial charge in [0.2, 0.25) is 0 Å². The maximum Gasteiger partial charge on any atom is 0.264 e. The first-order valence-corrected chi connectivity index (χ1v) is 8.30. The molecule has 1 fully saturated rings. The molecule has 1 heterocycles. The van der Waals surface area contributed by atoms with Crippen LogP contribution in [0.3, 0.4) is 0 Å². The van der Waals surface area contributed by atoms with Crippen LogP contribution in [0.1, 0.15) is 37.8 Å². The molecule has 3 rings (SSSR count). The number of aromatic amines is 1. The average Bonchev–Trinajstić information content (AvgIpc) is 3.33. The van der Waals surface area contributed by atoms with Crippen LogP contribution in [0, 0.1) is 3.57 Å². The number of hydrogen-bond donors (Lipinski definition) is 1. The molecule has 0 bridgehead atoms. The molecule has 0 unspecified atom stereocenters. The second kappa shape index (κ2) is 6.17. The van der Waals surface area contributed by atoms with Crippen LogP contribution in [-0.2, 0) is 0 Å². The van der Waals surface area contributed by atoms with E-state index in [1.807, 2.05) is 24.3 Å². The van der Waals surface area contributed by atoms with Gasteiger partial charge in [-0.05, 0) is 54.0 Å². The van der Waals surface area contributed by atoms with E-state index >= 15 is 0 Å². The van der Waals surface area contributed by atoms with Gasteiger partial charge in [-0.15, -0.1) is 0 Å². The highest BCUT2D eigenvalue weighted by molar-refractivity contribution is 14.1. The summed E-state index contributed by atoms with van der Waals surface area (Å²) in [6.45, 7) is 2.76. The van der Waals surface area contributed by atoms with Crippen molar-refractivity contribution in [2.24, 2.45) is 0 Å². The third-order valence-electron chi connectivity index (χ3n) is 3.43. The van der Waals surface area contributed by atoms with Crippen molar-refractivity contribution in [2.45, 2.75) is 32.1 Å². The van der Waals surface area contributed by atoms with Crippen molar-refractivity contribution >= 4 is 22.6 Å². The molecular formula is C16H17IN2O2. The van der Waals surface area contributed by atoms with Crippen molar-refractivity contribution in [3.63, 3.8) is 0 Å². The van der Waals surface area contributed by atoms with Crippen LogP contribution in [-0.4, -0.2) is 16.6 Å². The van der Waals surface area contributed by atoms with E-state index < -0.39 is 0 Å². The Labute approximate surface area is 137 Å². The molecule has 0 saturated heterocycles. The van der Waals surface area contributed by atoms with Crippen LogP contribution < -0.4 is 10.3 Å². The predicted octanol–water partition coefficient (Wildman–Crippen LogP) is 3.71. The van der Waals surface area contributed by atoms with Gasteiger partial charge in [0.25, 0.3) is 5.56 Å². The van der Waals surface area contributed by atoms with E-state index in [9.17, 15) is 4.79 Å². The van der Waals surface area contributed by atoms with Gasteiger partial charge < -0.3 is 9.72 Å². The van der Waals surface area contributed by atoms with E-state index in [0.29, 0.717) is 18.3 Å². The van der Waals surface area contributed by atoms with Crippen LogP contribution in [0.2, 0.25) is 0 Å². The fourth-order valence-electron chi connectivity index (χ4n) is 2.19. The number of rotatable bonds is 5. The molecule has 1 aliphatic carbocycles. The van der Waals surface area contributed by atoms with Crippen LogP contribution in [0.25, 0.3) is 11.4 Å². The number of H-pyrrole nitrogens is 1. The van der Waals surface area contributed by atoms with Crippen LogP contribution in [0.4, 0.5) is 0 Å². The SMILES string of the molecule is CCCOc1cccc(-c2nc(C3CC3)c(I)c(=O)[nH]2)c1.